The van der Waals surface area contributed by atoms with Crippen molar-refractivity contribution in [3.05, 3.63) is 243 Å². The smallest absolute Gasteiger partial charge is 0.162 e. The quantitative estimate of drug-likeness (QED) is 0.153. The average Bonchev–Trinajstić information content (AvgIpc) is 3.94. The van der Waals surface area contributed by atoms with E-state index in [0.717, 1.165) is 89.3 Å². The van der Waals surface area contributed by atoms with Gasteiger partial charge in [0.05, 0.1) is 39.0 Å². The predicted molar refractivity (Wildman–Crippen MR) is 279 cm³/mol. The van der Waals surface area contributed by atoms with E-state index in [9.17, 15) is 0 Å². The molecule has 0 unspecified atom stereocenters. The molecule has 0 aliphatic heterocycles. The summed E-state index contributed by atoms with van der Waals surface area (Å²) in [5.41, 5.74) is 16.0. The Morgan fingerprint density at radius 2 is 0.750 bits per heavy atom. The van der Waals surface area contributed by atoms with Crippen molar-refractivity contribution in [3.8, 4) is 79.0 Å². The summed E-state index contributed by atoms with van der Waals surface area (Å²) in [5, 5.41) is 4.46. The number of hydrogen-bond donors (Lipinski definition) is 0. The molecule has 68 heavy (non-hydrogen) atoms. The van der Waals surface area contributed by atoms with Crippen LogP contribution in [-0.2, 0) is 0 Å². The predicted octanol–water partition coefficient (Wildman–Crippen LogP) is 15.5. The standard InChI is InChI=1S/C62H40N6/c1-6-19-41(20-7-1)53-40-54(42-21-8-2-9-22-42)64-61(63-53)47-27-18-30-49(37-47)68-57-36-34-46(45-33-35-56-51(38-45)50-31-16-17-32-55(50)67(56)48-28-14-5-15-29-48)39-52(57)58-59(43-23-10-3-11-24-43)65-60(66-62(58)68)44-25-12-4-13-26-44/h1-40H. The second kappa shape index (κ2) is 16.3. The molecule has 0 aliphatic carbocycles. The fourth-order valence-electron chi connectivity index (χ4n) is 9.75. The third kappa shape index (κ3) is 6.74. The molecule has 0 amide bonds. The van der Waals surface area contributed by atoms with E-state index in [4.69, 9.17) is 19.9 Å². The maximum absolute atomic E-state index is 5.48. The van der Waals surface area contributed by atoms with Gasteiger partial charge in [0.1, 0.15) is 5.65 Å². The third-order valence-electron chi connectivity index (χ3n) is 12.9. The molecule has 13 aromatic rings. The van der Waals surface area contributed by atoms with Crippen molar-refractivity contribution < 1.29 is 0 Å². The Bertz CT molecular complexity index is 3940. The number of rotatable bonds is 8. The van der Waals surface area contributed by atoms with Gasteiger partial charge < -0.3 is 4.57 Å². The molecule has 0 saturated heterocycles. The van der Waals surface area contributed by atoms with Crippen molar-refractivity contribution in [3.63, 3.8) is 0 Å². The summed E-state index contributed by atoms with van der Waals surface area (Å²) in [5.74, 6) is 1.30. The first kappa shape index (κ1) is 39.1. The van der Waals surface area contributed by atoms with E-state index < -0.39 is 0 Å². The average molecular weight is 869 g/mol. The molecule has 0 atom stereocenters. The summed E-state index contributed by atoms with van der Waals surface area (Å²) in [4.78, 5) is 21.3. The van der Waals surface area contributed by atoms with Crippen molar-refractivity contribution in [2.45, 2.75) is 0 Å². The van der Waals surface area contributed by atoms with Gasteiger partial charge in [-0.05, 0) is 71.8 Å². The SMILES string of the molecule is c1ccc(-c2cc(-c3ccccc3)nc(-c3cccc(-n4c5ccc(-c6ccc7c(c6)c6ccccc6n7-c6ccccc6)cc5c5c(-c6ccccc6)nc(-c6ccccc6)nc54)c3)n2)cc1. The van der Waals surface area contributed by atoms with Crippen LogP contribution < -0.4 is 0 Å². The van der Waals surface area contributed by atoms with Crippen LogP contribution in [0, 0.1) is 0 Å². The van der Waals surface area contributed by atoms with E-state index in [1.54, 1.807) is 0 Å². The van der Waals surface area contributed by atoms with E-state index >= 15 is 0 Å². The Labute approximate surface area is 392 Å². The van der Waals surface area contributed by atoms with Crippen molar-refractivity contribution in [1.29, 1.82) is 0 Å². The minimum atomic E-state index is 0.642. The summed E-state index contributed by atoms with van der Waals surface area (Å²) in [6.07, 6.45) is 0. The lowest BCUT2D eigenvalue weighted by molar-refractivity contribution is 1.11. The fraction of sp³-hybridized carbons (Fsp3) is 0. The molecule has 13 rings (SSSR count). The van der Waals surface area contributed by atoms with Crippen LogP contribution in [-0.4, -0.2) is 29.1 Å². The molecule has 0 aliphatic rings. The Morgan fingerprint density at radius 3 is 1.40 bits per heavy atom. The van der Waals surface area contributed by atoms with Gasteiger partial charge in [0.2, 0.25) is 0 Å². The normalized spacial score (nSPS) is 11.5. The van der Waals surface area contributed by atoms with Gasteiger partial charge in [-0.2, -0.15) is 0 Å². The first-order valence-corrected chi connectivity index (χ1v) is 22.9. The van der Waals surface area contributed by atoms with Crippen LogP contribution in [0.4, 0.5) is 0 Å². The van der Waals surface area contributed by atoms with Crippen LogP contribution in [0.15, 0.2) is 243 Å². The van der Waals surface area contributed by atoms with Gasteiger partial charge in [0.25, 0.3) is 0 Å². The van der Waals surface area contributed by atoms with Gasteiger partial charge in [0.15, 0.2) is 11.6 Å². The van der Waals surface area contributed by atoms with Crippen LogP contribution in [0.2, 0.25) is 0 Å². The highest BCUT2D eigenvalue weighted by molar-refractivity contribution is 6.16. The summed E-state index contributed by atoms with van der Waals surface area (Å²) >= 11 is 0. The van der Waals surface area contributed by atoms with E-state index in [2.05, 4.69) is 197 Å². The third-order valence-corrected chi connectivity index (χ3v) is 12.9. The Balaban J connectivity index is 1.05. The maximum Gasteiger partial charge on any atom is 0.162 e. The fourth-order valence-corrected chi connectivity index (χ4v) is 9.75. The zero-order valence-corrected chi connectivity index (χ0v) is 36.8. The molecule has 0 N–H and O–H groups in total. The zero-order valence-electron chi connectivity index (χ0n) is 36.8. The molecule has 0 radical (unpaired) electrons. The number of fused-ring (bicyclic) bond motifs is 6. The number of hydrogen-bond acceptors (Lipinski definition) is 4. The number of benzene rings is 9. The van der Waals surface area contributed by atoms with E-state index in [1.165, 1.54) is 21.8 Å². The molecule has 0 fully saturated rings. The molecule has 6 heteroatoms. The minimum absolute atomic E-state index is 0.642. The Kier molecular flexibility index (Phi) is 9.39. The van der Waals surface area contributed by atoms with Gasteiger partial charge in [-0.25, -0.2) is 19.9 Å². The first-order valence-electron chi connectivity index (χ1n) is 22.9. The summed E-state index contributed by atoms with van der Waals surface area (Å²) in [6.45, 7) is 0. The van der Waals surface area contributed by atoms with Gasteiger partial charge in [-0.3, -0.25) is 4.57 Å². The number of nitrogens with zero attached hydrogens (tertiary/aromatic N) is 6. The number of para-hydroxylation sites is 2. The molecule has 4 aromatic heterocycles. The lowest BCUT2D eigenvalue weighted by Crippen LogP contribution is -2.00. The van der Waals surface area contributed by atoms with E-state index in [1.807, 2.05) is 54.6 Å². The topological polar surface area (TPSA) is 61.4 Å². The molecule has 9 aromatic carbocycles. The van der Waals surface area contributed by atoms with Crippen LogP contribution in [0.1, 0.15) is 0 Å². The second-order valence-electron chi connectivity index (χ2n) is 17.1. The Morgan fingerprint density at radius 1 is 0.265 bits per heavy atom. The second-order valence-corrected chi connectivity index (χ2v) is 17.1. The minimum Gasteiger partial charge on any atom is -0.309 e. The van der Waals surface area contributed by atoms with Crippen LogP contribution >= 0.6 is 0 Å². The number of aromatic nitrogens is 6. The van der Waals surface area contributed by atoms with Crippen molar-refractivity contribution >= 4 is 43.7 Å². The van der Waals surface area contributed by atoms with Gasteiger partial charge >= 0.3 is 0 Å². The van der Waals surface area contributed by atoms with Gasteiger partial charge in [-0.15, -0.1) is 0 Å². The van der Waals surface area contributed by atoms with Gasteiger partial charge in [0, 0.05) is 55.4 Å². The van der Waals surface area contributed by atoms with Crippen LogP contribution in [0.25, 0.3) is 123 Å². The lowest BCUT2D eigenvalue weighted by Gasteiger charge is -2.13. The van der Waals surface area contributed by atoms with Crippen LogP contribution in [0.5, 0.6) is 0 Å². The largest absolute Gasteiger partial charge is 0.309 e. The van der Waals surface area contributed by atoms with Crippen molar-refractivity contribution in [2.75, 3.05) is 0 Å². The highest BCUT2D eigenvalue weighted by atomic mass is 15.1. The highest BCUT2D eigenvalue weighted by Gasteiger charge is 2.23. The molecule has 6 nitrogen and oxygen atoms in total. The summed E-state index contributed by atoms with van der Waals surface area (Å²) in [6, 6.07) is 84.9. The Hall–Kier alpha value is -9.26. The molecular weight excluding hydrogens is 829 g/mol. The maximum atomic E-state index is 5.48. The molecule has 0 bridgehead atoms. The molecule has 0 spiro atoms. The monoisotopic (exact) mass is 868 g/mol. The van der Waals surface area contributed by atoms with Crippen LogP contribution in [0.3, 0.4) is 0 Å². The summed E-state index contributed by atoms with van der Waals surface area (Å²) in [7, 11) is 0. The summed E-state index contributed by atoms with van der Waals surface area (Å²) < 4.78 is 4.65. The highest BCUT2D eigenvalue weighted by Crippen LogP contribution is 2.42. The van der Waals surface area contributed by atoms with E-state index in [0.29, 0.717) is 11.6 Å². The molecular formula is C62H40N6. The molecule has 0 saturated carbocycles. The van der Waals surface area contributed by atoms with Gasteiger partial charge in [-0.1, -0.05) is 182 Å². The first-order chi connectivity index (χ1) is 33.7. The zero-order chi connectivity index (χ0) is 45.0. The van der Waals surface area contributed by atoms with Crippen molar-refractivity contribution in [2.24, 2.45) is 0 Å². The molecule has 4 heterocycles. The van der Waals surface area contributed by atoms with Crippen molar-refractivity contribution in [1.82, 2.24) is 29.1 Å². The lowest BCUT2D eigenvalue weighted by atomic mass is 9.99. The molecule has 318 valence electrons. The van der Waals surface area contributed by atoms with E-state index in [-0.39, 0.29) is 0 Å².